The Balaban J connectivity index is 2.56. The van der Waals surface area contributed by atoms with E-state index in [-0.39, 0.29) is 0 Å². The highest BCUT2D eigenvalue weighted by atomic mass is 35.5. The van der Waals surface area contributed by atoms with Crippen molar-refractivity contribution in [1.29, 1.82) is 0 Å². The Bertz CT molecular complexity index is 557. The van der Waals surface area contributed by atoms with Crippen molar-refractivity contribution in [1.82, 2.24) is 9.97 Å². The van der Waals surface area contributed by atoms with Crippen LogP contribution in [0.25, 0.3) is 11.4 Å². The van der Waals surface area contributed by atoms with Gasteiger partial charge in [0, 0.05) is 11.8 Å². The second-order valence-corrected chi connectivity index (χ2v) is 4.01. The van der Waals surface area contributed by atoms with Crippen LogP contribution in [0.5, 0.6) is 5.75 Å². The first-order chi connectivity index (χ1) is 8.11. The predicted molar refractivity (Wildman–Crippen MR) is 68.2 cm³/mol. The minimum absolute atomic E-state index is 0.432. The van der Waals surface area contributed by atoms with Gasteiger partial charge in [-0.2, -0.15) is 0 Å². The van der Waals surface area contributed by atoms with Gasteiger partial charge < -0.3 is 10.5 Å². The molecule has 0 fully saturated rings. The molecule has 1 heterocycles. The van der Waals surface area contributed by atoms with Gasteiger partial charge in [0.2, 0.25) is 0 Å². The molecular formula is C12H12ClN3O. The number of hydrogen-bond donors (Lipinski definition) is 1. The molecule has 2 aromatic rings. The van der Waals surface area contributed by atoms with Crippen molar-refractivity contribution in [3.05, 3.63) is 35.0 Å². The van der Waals surface area contributed by atoms with Gasteiger partial charge in [0.15, 0.2) is 5.82 Å². The lowest BCUT2D eigenvalue weighted by atomic mass is 10.1. The van der Waals surface area contributed by atoms with Crippen LogP contribution >= 0.6 is 11.6 Å². The Labute approximate surface area is 104 Å². The lowest BCUT2D eigenvalue weighted by molar-refractivity contribution is 0.415. The first-order valence-corrected chi connectivity index (χ1v) is 5.42. The number of nitrogens with two attached hydrogens (primary N) is 1. The molecule has 0 aliphatic carbocycles. The lowest BCUT2D eigenvalue weighted by Gasteiger charge is -2.09. The number of nitrogen functional groups attached to an aromatic ring is 1. The smallest absolute Gasteiger partial charge is 0.161 e. The summed E-state index contributed by atoms with van der Waals surface area (Å²) < 4.78 is 5.14. The first-order valence-electron chi connectivity index (χ1n) is 5.05. The summed E-state index contributed by atoms with van der Waals surface area (Å²) >= 11 is 6.08. The van der Waals surface area contributed by atoms with E-state index >= 15 is 0 Å². The van der Waals surface area contributed by atoms with Crippen molar-refractivity contribution >= 4 is 17.4 Å². The maximum Gasteiger partial charge on any atom is 0.161 e. The van der Waals surface area contributed by atoms with Gasteiger partial charge in [-0.15, -0.1) is 0 Å². The molecule has 17 heavy (non-hydrogen) atoms. The Morgan fingerprint density at radius 1 is 1.35 bits per heavy atom. The molecule has 0 radical (unpaired) electrons. The van der Waals surface area contributed by atoms with E-state index in [1.54, 1.807) is 25.4 Å². The number of nitrogens with zero attached hydrogens (tertiary/aromatic N) is 2. The molecule has 0 unspecified atom stereocenters. The van der Waals surface area contributed by atoms with Gasteiger partial charge in [0.05, 0.1) is 12.1 Å². The number of rotatable bonds is 2. The number of halogens is 1. The number of aryl methyl sites for hydroxylation is 1. The normalized spacial score (nSPS) is 10.3. The molecule has 0 aliphatic rings. The molecular weight excluding hydrogens is 238 g/mol. The first kappa shape index (κ1) is 11.7. The van der Waals surface area contributed by atoms with Crippen LogP contribution in [-0.4, -0.2) is 17.1 Å². The molecule has 1 aromatic carbocycles. The molecule has 1 aromatic heterocycles. The summed E-state index contributed by atoms with van der Waals surface area (Å²) in [5.41, 5.74) is 7.46. The van der Waals surface area contributed by atoms with Crippen molar-refractivity contribution in [3.8, 4) is 17.1 Å². The predicted octanol–water partition coefficient (Wildman–Crippen LogP) is 2.70. The average Bonchev–Trinajstić information content (AvgIpc) is 2.31. The van der Waals surface area contributed by atoms with Crippen LogP contribution in [0.3, 0.4) is 0 Å². The van der Waals surface area contributed by atoms with E-state index in [1.807, 2.05) is 13.0 Å². The number of aromatic nitrogens is 2. The molecule has 0 amide bonds. The summed E-state index contributed by atoms with van der Waals surface area (Å²) in [4.78, 5) is 8.34. The molecule has 0 bridgehead atoms. The maximum atomic E-state index is 6.08. The van der Waals surface area contributed by atoms with Crippen LogP contribution in [-0.2, 0) is 0 Å². The Morgan fingerprint density at radius 3 is 2.76 bits per heavy atom. The highest BCUT2D eigenvalue weighted by Crippen LogP contribution is 2.32. The Kier molecular flexibility index (Phi) is 3.15. The fourth-order valence-electron chi connectivity index (χ4n) is 1.55. The summed E-state index contributed by atoms with van der Waals surface area (Å²) in [5.74, 6) is 1.63. The molecule has 0 aliphatic heterocycles. The second-order valence-electron chi connectivity index (χ2n) is 3.61. The van der Waals surface area contributed by atoms with Crippen molar-refractivity contribution in [2.75, 3.05) is 12.8 Å². The fraction of sp³-hybridized carbons (Fsp3) is 0.167. The van der Waals surface area contributed by atoms with Crippen LogP contribution < -0.4 is 10.5 Å². The van der Waals surface area contributed by atoms with Crippen molar-refractivity contribution < 1.29 is 4.74 Å². The van der Waals surface area contributed by atoms with Crippen LogP contribution in [0, 0.1) is 6.92 Å². The third-order valence-electron chi connectivity index (χ3n) is 2.42. The van der Waals surface area contributed by atoms with Gasteiger partial charge in [-0.05, 0) is 30.7 Å². The van der Waals surface area contributed by atoms with Crippen LogP contribution in [0.2, 0.25) is 5.02 Å². The zero-order chi connectivity index (χ0) is 12.4. The third-order valence-corrected chi connectivity index (χ3v) is 2.71. The molecule has 0 spiro atoms. The van der Waals surface area contributed by atoms with E-state index in [4.69, 9.17) is 22.1 Å². The molecule has 0 saturated heterocycles. The largest absolute Gasteiger partial charge is 0.495 e. The molecule has 0 atom stereocenters. The summed E-state index contributed by atoms with van der Waals surface area (Å²) in [6.07, 6.45) is 1.62. The number of ether oxygens (including phenoxy) is 1. The van der Waals surface area contributed by atoms with Gasteiger partial charge in [-0.3, -0.25) is 0 Å². The fourth-order valence-corrected chi connectivity index (χ4v) is 1.80. The molecule has 2 N–H and O–H groups in total. The molecule has 2 rings (SSSR count). The minimum Gasteiger partial charge on any atom is -0.495 e. The van der Waals surface area contributed by atoms with E-state index in [0.717, 1.165) is 11.1 Å². The van der Waals surface area contributed by atoms with Crippen molar-refractivity contribution in [3.63, 3.8) is 0 Å². The van der Waals surface area contributed by atoms with E-state index in [2.05, 4.69) is 9.97 Å². The van der Waals surface area contributed by atoms with E-state index in [0.29, 0.717) is 22.4 Å². The number of anilines is 1. The van der Waals surface area contributed by atoms with E-state index < -0.39 is 0 Å². The molecule has 5 heteroatoms. The lowest BCUT2D eigenvalue weighted by Crippen LogP contribution is -1.96. The zero-order valence-electron chi connectivity index (χ0n) is 9.57. The van der Waals surface area contributed by atoms with Gasteiger partial charge in [-0.25, -0.2) is 9.97 Å². The second kappa shape index (κ2) is 4.59. The summed E-state index contributed by atoms with van der Waals surface area (Å²) in [5, 5.41) is 0.527. The summed E-state index contributed by atoms with van der Waals surface area (Å²) in [6.45, 7) is 1.95. The molecule has 4 nitrogen and oxygen atoms in total. The van der Waals surface area contributed by atoms with Crippen molar-refractivity contribution in [2.24, 2.45) is 0 Å². The summed E-state index contributed by atoms with van der Waals surface area (Å²) in [7, 11) is 1.58. The van der Waals surface area contributed by atoms with Crippen LogP contribution in [0.1, 0.15) is 5.56 Å². The number of hydrogen-bond acceptors (Lipinski definition) is 4. The van der Waals surface area contributed by atoms with Crippen LogP contribution in [0.4, 0.5) is 5.82 Å². The number of methoxy groups -OCH3 is 1. The van der Waals surface area contributed by atoms with Crippen LogP contribution in [0.15, 0.2) is 24.4 Å². The molecule has 88 valence electrons. The Hall–Kier alpha value is -1.81. The maximum absolute atomic E-state index is 6.08. The van der Waals surface area contributed by atoms with E-state index in [1.165, 1.54) is 0 Å². The van der Waals surface area contributed by atoms with Gasteiger partial charge in [-0.1, -0.05) is 11.6 Å². The quantitative estimate of drug-likeness (QED) is 0.889. The van der Waals surface area contributed by atoms with Gasteiger partial charge >= 0.3 is 0 Å². The SMILES string of the molecule is COc1cc(C)c(-c2nccc(N)n2)cc1Cl. The Morgan fingerprint density at radius 2 is 2.12 bits per heavy atom. The zero-order valence-corrected chi connectivity index (χ0v) is 10.3. The average molecular weight is 250 g/mol. The highest BCUT2D eigenvalue weighted by Gasteiger charge is 2.10. The van der Waals surface area contributed by atoms with Gasteiger partial charge in [0.1, 0.15) is 11.6 Å². The van der Waals surface area contributed by atoms with E-state index in [9.17, 15) is 0 Å². The highest BCUT2D eigenvalue weighted by molar-refractivity contribution is 6.32. The minimum atomic E-state index is 0.432. The number of benzene rings is 1. The topological polar surface area (TPSA) is 61.0 Å². The van der Waals surface area contributed by atoms with Crippen molar-refractivity contribution in [2.45, 2.75) is 6.92 Å². The summed E-state index contributed by atoms with van der Waals surface area (Å²) in [6, 6.07) is 5.28. The monoisotopic (exact) mass is 249 g/mol. The standard InChI is InChI=1S/C12H12ClN3O/c1-7-5-10(17-2)9(13)6-8(7)12-15-4-3-11(14)16-12/h3-6H,1-2H3,(H2,14,15,16). The molecule has 0 saturated carbocycles. The van der Waals surface area contributed by atoms with Gasteiger partial charge in [0.25, 0.3) is 0 Å². The third kappa shape index (κ3) is 2.31.